The maximum atomic E-state index is 14.4. The maximum Gasteiger partial charge on any atom is 0.318 e. The summed E-state index contributed by atoms with van der Waals surface area (Å²) in [5.74, 6) is 1.63. The van der Waals surface area contributed by atoms with E-state index in [1.165, 1.54) is 42.5 Å². The van der Waals surface area contributed by atoms with E-state index >= 15 is 0 Å². The van der Waals surface area contributed by atoms with Crippen LogP contribution in [0.25, 0.3) is 0 Å². The number of aromatic nitrogens is 2. The van der Waals surface area contributed by atoms with Crippen LogP contribution in [0.4, 0.5) is 15.9 Å². The lowest BCUT2D eigenvalue weighted by molar-refractivity contribution is 0.107. The number of hydrogen-bond donors (Lipinski definition) is 1. The van der Waals surface area contributed by atoms with E-state index in [4.69, 9.17) is 26.3 Å². The van der Waals surface area contributed by atoms with E-state index in [0.29, 0.717) is 43.6 Å². The van der Waals surface area contributed by atoms with Crippen LogP contribution in [-0.2, 0) is 13.0 Å². The average molecular weight is 553 g/mol. The van der Waals surface area contributed by atoms with Crippen molar-refractivity contribution < 1.29 is 9.13 Å². The Morgan fingerprint density at radius 1 is 1.05 bits per heavy atom. The van der Waals surface area contributed by atoms with E-state index in [1.807, 2.05) is 6.07 Å². The minimum absolute atomic E-state index is 0.209. The van der Waals surface area contributed by atoms with Gasteiger partial charge in [0.05, 0.1) is 17.8 Å². The van der Waals surface area contributed by atoms with Gasteiger partial charge in [-0.3, -0.25) is 4.90 Å². The molecule has 2 bridgehead atoms. The van der Waals surface area contributed by atoms with Gasteiger partial charge in [-0.1, -0.05) is 17.7 Å². The Bertz CT molecular complexity index is 1260. The smallest absolute Gasteiger partial charge is 0.318 e. The molecular formula is C30H38ClFN6O. The Morgan fingerprint density at radius 2 is 1.90 bits per heavy atom. The van der Waals surface area contributed by atoms with Crippen molar-refractivity contribution in [2.24, 2.45) is 0 Å². The lowest BCUT2D eigenvalue weighted by Gasteiger charge is -2.38. The normalized spacial score (nSPS) is 32.0. The second-order valence-corrected chi connectivity index (χ2v) is 13.2. The number of fused-ring (bicyclic) bond motifs is 4. The first-order valence-corrected chi connectivity index (χ1v) is 15.4. The Hall–Kier alpha value is -2.16. The van der Waals surface area contributed by atoms with Crippen molar-refractivity contribution in [3.63, 3.8) is 0 Å². The summed E-state index contributed by atoms with van der Waals surface area (Å²) in [5, 5.41) is 4.64. The van der Waals surface area contributed by atoms with Crippen LogP contribution in [0, 0.1) is 0 Å². The van der Waals surface area contributed by atoms with Gasteiger partial charge in [-0.2, -0.15) is 9.97 Å². The molecule has 1 aliphatic carbocycles. The van der Waals surface area contributed by atoms with Gasteiger partial charge in [0.15, 0.2) is 0 Å². The lowest BCUT2D eigenvalue weighted by atomic mass is 9.95. The Morgan fingerprint density at radius 3 is 2.72 bits per heavy atom. The van der Waals surface area contributed by atoms with Crippen LogP contribution in [0.1, 0.15) is 67.7 Å². The highest BCUT2D eigenvalue weighted by Crippen LogP contribution is 2.48. The molecule has 4 saturated heterocycles. The molecule has 3 unspecified atom stereocenters. The second-order valence-electron chi connectivity index (χ2n) is 12.8. The van der Waals surface area contributed by atoms with E-state index in [1.54, 1.807) is 0 Å². The van der Waals surface area contributed by atoms with E-state index in [0.717, 1.165) is 68.5 Å². The summed E-state index contributed by atoms with van der Waals surface area (Å²) in [7, 11) is 0. The SMILES string of the molecule is F[C@H]1CN2CCCC2(COc2nc3c(c(N4CC5CCC(C4)N5)n2)CCN(c2cccc(Cl)c2C2CC2)C3)C1. The van der Waals surface area contributed by atoms with Crippen molar-refractivity contribution in [2.75, 3.05) is 49.1 Å². The topological polar surface area (TPSA) is 56.8 Å². The summed E-state index contributed by atoms with van der Waals surface area (Å²) in [6.07, 6.45) is 7.68. The number of benzene rings is 1. The molecule has 7 nitrogen and oxygen atoms in total. The van der Waals surface area contributed by atoms with Crippen molar-refractivity contribution in [1.29, 1.82) is 0 Å². The lowest BCUT2D eigenvalue weighted by Crippen LogP contribution is -2.52. The number of halogens is 2. The van der Waals surface area contributed by atoms with Gasteiger partial charge in [0.1, 0.15) is 18.6 Å². The summed E-state index contributed by atoms with van der Waals surface area (Å²) < 4.78 is 20.8. The molecule has 9 heteroatoms. The van der Waals surface area contributed by atoms with E-state index in [9.17, 15) is 4.39 Å². The molecule has 0 spiro atoms. The average Bonchev–Trinajstić information content (AvgIpc) is 3.52. The van der Waals surface area contributed by atoms with Gasteiger partial charge in [0.25, 0.3) is 0 Å². The monoisotopic (exact) mass is 552 g/mol. The molecule has 0 amide bonds. The molecule has 1 N–H and O–H groups in total. The highest BCUT2D eigenvalue weighted by Gasteiger charge is 2.49. The van der Waals surface area contributed by atoms with E-state index < -0.39 is 6.17 Å². The molecule has 6 heterocycles. The van der Waals surface area contributed by atoms with Crippen LogP contribution >= 0.6 is 11.6 Å². The molecule has 1 aromatic carbocycles. The first-order valence-electron chi connectivity index (χ1n) is 15.0. The quantitative estimate of drug-likeness (QED) is 0.567. The standard InChI is InChI=1S/C30H38ClFN6O/c31-24-3-1-4-26(27(24)19-5-6-19)36-12-9-23-25(17-36)34-29(35-28(23)37-15-21-7-8-22(16-37)33-21)39-18-30-10-2-11-38(30)14-20(32)13-30/h1,3-4,19-22,33H,2,5-18H2/t20-,21?,22?,30?/m1/s1. The van der Waals surface area contributed by atoms with Crippen LogP contribution < -0.4 is 19.9 Å². The predicted octanol–water partition coefficient (Wildman–Crippen LogP) is 4.47. The van der Waals surface area contributed by atoms with Crippen LogP contribution in [-0.4, -0.2) is 78.0 Å². The molecular weight excluding hydrogens is 515 g/mol. The fourth-order valence-corrected chi connectivity index (χ4v) is 8.44. The van der Waals surface area contributed by atoms with Gasteiger partial charge < -0.3 is 19.9 Å². The van der Waals surface area contributed by atoms with Crippen molar-refractivity contribution in [3.05, 3.63) is 40.0 Å². The number of rotatable bonds is 6. The third kappa shape index (κ3) is 4.38. The number of hydrogen-bond acceptors (Lipinski definition) is 7. The van der Waals surface area contributed by atoms with Gasteiger partial charge in [-0.15, -0.1) is 0 Å². The zero-order valence-electron chi connectivity index (χ0n) is 22.5. The molecule has 39 heavy (non-hydrogen) atoms. The van der Waals surface area contributed by atoms with Crippen LogP contribution in [0.2, 0.25) is 5.02 Å². The fraction of sp³-hybridized carbons (Fsp3) is 0.667. The Labute approximate surface area is 235 Å². The number of nitrogens with one attached hydrogen (secondary N) is 1. The van der Waals surface area contributed by atoms with Crippen molar-refractivity contribution in [2.45, 2.75) is 87.6 Å². The van der Waals surface area contributed by atoms with Gasteiger partial charge in [0, 0.05) is 61.0 Å². The van der Waals surface area contributed by atoms with Crippen LogP contribution in [0.15, 0.2) is 18.2 Å². The minimum Gasteiger partial charge on any atom is -0.461 e. The Kier molecular flexibility index (Phi) is 5.97. The predicted molar refractivity (Wildman–Crippen MR) is 151 cm³/mol. The highest BCUT2D eigenvalue weighted by molar-refractivity contribution is 6.31. The third-order valence-electron chi connectivity index (χ3n) is 10.1. The number of alkyl halides is 1. The molecule has 6 aliphatic rings. The van der Waals surface area contributed by atoms with Gasteiger partial charge in [-0.25, -0.2) is 4.39 Å². The summed E-state index contributed by atoms with van der Waals surface area (Å²) in [4.78, 5) is 17.3. The number of anilines is 2. The van der Waals surface area contributed by atoms with Crippen molar-refractivity contribution >= 4 is 23.1 Å². The first-order chi connectivity index (χ1) is 19.0. The largest absolute Gasteiger partial charge is 0.461 e. The molecule has 5 aliphatic heterocycles. The molecule has 1 saturated carbocycles. The number of nitrogens with zero attached hydrogens (tertiary/aromatic N) is 5. The molecule has 208 valence electrons. The maximum absolute atomic E-state index is 14.4. The third-order valence-corrected chi connectivity index (χ3v) is 10.5. The summed E-state index contributed by atoms with van der Waals surface area (Å²) in [5.41, 5.74) is 4.66. The molecule has 8 rings (SSSR count). The molecule has 5 fully saturated rings. The summed E-state index contributed by atoms with van der Waals surface area (Å²) >= 11 is 6.71. The van der Waals surface area contributed by atoms with Gasteiger partial charge in [0.2, 0.25) is 0 Å². The number of ether oxygens (including phenoxy) is 1. The molecule has 4 atom stereocenters. The van der Waals surface area contributed by atoms with Gasteiger partial charge in [-0.05, 0) is 75.1 Å². The summed E-state index contributed by atoms with van der Waals surface area (Å²) in [6, 6.07) is 7.82. The zero-order chi connectivity index (χ0) is 26.1. The number of piperazine rings is 1. The molecule has 0 radical (unpaired) electrons. The van der Waals surface area contributed by atoms with E-state index in [-0.39, 0.29) is 5.54 Å². The Balaban J connectivity index is 1.12. The minimum atomic E-state index is -0.767. The van der Waals surface area contributed by atoms with E-state index in [2.05, 4.69) is 32.1 Å². The summed E-state index contributed by atoms with van der Waals surface area (Å²) in [6.45, 7) is 5.56. The fourth-order valence-electron chi connectivity index (χ4n) is 8.12. The van der Waals surface area contributed by atoms with Crippen molar-refractivity contribution in [1.82, 2.24) is 20.2 Å². The van der Waals surface area contributed by atoms with Crippen LogP contribution in [0.3, 0.4) is 0 Å². The molecule has 2 aromatic rings. The molecule has 1 aromatic heterocycles. The van der Waals surface area contributed by atoms with Crippen LogP contribution in [0.5, 0.6) is 6.01 Å². The van der Waals surface area contributed by atoms with Gasteiger partial charge >= 0.3 is 6.01 Å². The highest BCUT2D eigenvalue weighted by atomic mass is 35.5. The first kappa shape index (κ1) is 24.6. The second kappa shape index (κ2) is 9.45. The van der Waals surface area contributed by atoms with Crippen molar-refractivity contribution in [3.8, 4) is 6.01 Å². The zero-order valence-corrected chi connectivity index (χ0v) is 23.3.